The molecule has 0 radical (unpaired) electrons. The van der Waals surface area contributed by atoms with Crippen LogP contribution in [0, 0.1) is 17.6 Å². The predicted molar refractivity (Wildman–Crippen MR) is 126 cm³/mol. The molecule has 1 saturated heterocycles. The van der Waals surface area contributed by atoms with E-state index in [4.69, 9.17) is 16.2 Å². The van der Waals surface area contributed by atoms with Gasteiger partial charge in [-0.15, -0.1) is 0 Å². The molecule has 2 aliphatic heterocycles. The van der Waals surface area contributed by atoms with Gasteiger partial charge in [-0.2, -0.15) is 13.2 Å². The summed E-state index contributed by atoms with van der Waals surface area (Å²) in [7, 11) is 0. The van der Waals surface area contributed by atoms with Crippen LogP contribution in [0.1, 0.15) is 28.5 Å². The highest BCUT2D eigenvalue weighted by Gasteiger charge is 2.45. The molecule has 2 aliphatic rings. The molecule has 3 aromatic rings. The van der Waals surface area contributed by atoms with Gasteiger partial charge in [0.1, 0.15) is 28.3 Å². The van der Waals surface area contributed by atoms with E-state index >= 15 is 0 Å². The smallest absolute Gasteiger partial charge is 0.393 e. The Labute approximate surface area is 211 Å². The number of benzene rings is 1. The first kappa shape index (κ1) is 25.1. The number of nitrogen functional groups attached to an aromatic ring is 1. The number of ether oxygens (including phenoxy) is 1. The number of pyridine rings is 1. The van der Waals surface area contributed by atoms with Crippen molar-refractivity contribution in [2.75, 3.05) is 30.3 Å². The second-order valence-corrected chi connectivity index (χ2v) is 9.88. The second kappa shape index (κ2) is 9.41. The Morgan fingerprint density at radius 3 is 2.62 bits per heavy atom. The first-order valence-electron chi connectivity index (χ1n) is 11.2. The van der Waals surface area contributed by atoms with Gasteiger partial charge in [0.05, 0.1) is 23.1 Å². The van der Waals surface area contributed by atoms with Crippen molar-refractivity contribution in [3.05, 3.63) is 53.4 Å². The average molecular weight is 541 g/mol. The minimum absolute atomic E-state index is 0.0352. The molecule has 0 aliphatic carbocycles. The van der Waals surface area contributed by atoms with Crippen molar-refractivity contribution in [1.29, 1.82) is 0 Å². The van der Waals surface area contributed by atoms with Gasteiger partial charge >= 0.3 is 6.18 Å². The number of nitrogens with one attached hydrogen (secondary N) is 1. The zero-order valence-corrected chi connectivity index (χ0v) is 19.9. The van der Waals surface area contributed by atoms with Crippen molar-refractivity contribution in [3.63, 3.8) is 0 Å². The number of anilines is 2. The number of hydrogen-bond acceptors (Lipinski definition) is 8. The third-order valence-corrected chi connectivity index (χ3v) is 7.20. The van der Waals surface area contributed by atoms with Gasteiger partial charge in [0.2, 0.25) is 5.88 Å². The van der Waals surface area contributed by atoms with Crippen molar-refractivity contribution >= 4 is 27.9 Å². The third kappa shape index (κ3) is 4.78. The van der Waals surface area contributed by atoms with E-state index in [0.717, 1.165) is 23.5 Å². The fraction of sp³-hybridized carbons (Fsp3) is 0.348. The summed E-state index contributed by atoms with van der Waals surface area (Å²) in [6.07, 6.45) is -3.18. The molecule has 0 spiro atoms. The number of aromatic nitrogens is 2. The monoisotopic (exact) mass is 540 g/mol. The van der Waals surface area contributed by atoms with E-state index in [2.05, 4.69) is 15.3 Å². The summed E-state index contributed by atoms with van der Waals surface area (Å²) >= 11 is 0.750. The highest BCUT2D eigenvalue weighted by atomic mass is 32.1. The average Bonchev–Trinajstić information content (AvgIpc) is 3.41. The number of piperidine rings is 1. The summed E-state index contributed by atoms with van der Waals surface area (Å²) in [5.74, 6) is -3.89. The fourth-order valence-electron chi connectivity index (χ4n) is 4.62. The van der Waals surface area contributed by atoms with Gasteiger partial charge in [-0.1, -0.05) is 17.4 Å². The number of thiazole rings is 1. The Morgan fingerprint density at radius 1 is 1.19 bits per heavy atom. The maximum absolute atomic E-state index is 14.2. The Hall–Kier alpha value is -3.52. The molecule has 14 heteroatoms. The molecule has 196 valence electrons. The Morgan fingerprint density at radius 2 is 1.92 bits per heavy atom. The van der Waals surface area contributed by atoms with Crippen LogP contribution in [0.4, 0.5) is 32.6 Å². The minimum atomic E-state index is -4.41. The molecule has 1 unspecified atom stereocenters. The van der Waals surface area contributed by atoms with Crippen LogP contribution >= 0.6 is 11.3 Å². The number of nitrogens with zero attached hydrogens (tertiary/aromatic N) is 3. The summed E-state index contributed by atoms with van der Waals surface area (Å²) in [5.41, 5.74) is 12.1. The number of fused-ring (bicyclic) bond motifs is 1. The van der Waals surface area contributed by atoms with Crippen LogP contribution in [0.15, 0.2) is 30.5 Å². The lowest BCUT2D eigenvalue weighted by atomic mass is 9.93. The van der Waals surface area contributed by atoms with Crippen LogP contribution in [0.3, 0.4) is 0 Å². The van der Waals surface area contributed by atoms with Gasteiger partial charge in [-0.3, -0.25) is 4.79 Å². The second-order valence-electron chi connectivity index (χ2n) is 8.85. The van der Waals surface area contributed by atoms with E-state index in [1.807, 2.05) is 0 Å². The first-order chi connectivity index (χ1) is 17.5. The molecule has 5 N–H and O–H groups in total. The van der Waals surface area contributed by atoms with E-state index in [1.165, 1.54) is 17.2 Å². The van der Waals surface area contributed by atoms with Crippen LogP contribution in [-0.4, -0.2) is 47.8 Å². The predicted octanol–water partition coefficient (Wildman–Crippen LogP) is 3.64. The number of rotatable bonds is 4. The van der Waals surface area contributed by atoms with Crippen molar-refractivity contribution < 1.29 is 31.5 Å². The van der Waals surface area contributed by atoms with Gasteiger partial charge in [-0.25, -0.2) is 18.7 Å². The van der Waals surface area contributed by atoms with Gasteiger partial charge < -0.3 is 26.4 Å². The molecule has 4 heterocycles. The fourth-order valence-corrected chi connectivity index (χ4v) is 5.50. The molecule has 3 atom stereocenters. The van der Waals surface area contributed by atoms with Crippen molar-refractivity contribution in [2.45, 2.75) is 24.7 Å². The van der Waals surface area contributed by atoms with Crippen LogP contribution in [0.2, 0.25) is 0 Å². The summed E-state index contributed by atoms with van der Waals surface area (Å²) < 4.78 is 74.4. The molecule has 8 nitrogen and oxygen atoms in total. The molecule has 37 heavy (non-hydrogen) atoms. The lowest BCUT2D eigenvalue weighted by Gasteiger charge is -2.39. The van der Waals surface area contributed by atoms with Gasteiger partial charge in [0, 0.05) is 31.0 Å². The van der Waals surface area contributed by atoms with E-state index in [-0.39, 0.29) is 47.7 Å². The van der Waals surface area contributed by atoms with Crippen LogP contribution in [0.5, 0.6) is 5.88 Å². The minimum Gasteiger partial charge on any atom is -0.475 e. The zero-order chi connectivity index (χ0) is 26.5. The molecule has 2 aromatic heterocycles. The summed E-state index contributed by atoms with van der Waals surface area (Å²) in [5, 5.41) is 2.54. The van der Waals surface area contributed by atoms with Crippen LogP contribution < -0.4 is 26.4 Å². The summed E-state index contributed by atoms with van der Waals surface area (Å²) in [6, 6.07) is 3.39. The Bertz CT molecular complexity index is 1330. The van der Waals surface area contributed by atoms with E-state index in [1.54, 1.807) is 6.07 Å². The van der Waals surface area contributed by atoms with Crippen molar-refractivity contribution in [3.8, 4) is 16.5 Å². The standard InChI is InChI=1S/C23H21F5N6O2S/c24-12-2-1-3-13(25)16(12)22-33-18(19(30)37-22)20(35)32-14-9-36-21-17(14)15(4-5-31-21)34-7-10(23(26,27)28)6-11(29)8-34/h1-5,10-11,14H,6-9,29-30H2,(H,32,35)/t10-,11+,14?/m1/s1. The SMILES string of the molecule is Nc1sc(-c2c(F)cccc2F)nc1C(=O)NC1COc2nccc(N3C[C@@H](N)C[C@@H](C(F)(F)F)C3)c21. The van der Waals surface area contributed by atoms with Crippen LogP contribution in [0.25, 0.3) is 10.6 Å². The number of amides is 1. The maximum atomic E-state index is 14.2. The Balaban J connectivity index is 1.41. The highest BCUT2D eigenvalue weighted by Crippen LogP contribution is 2.42. The Kier molecular flexibility index (Phi) is 6.40. The normalized spacial score (nSPS) is 21.5. The van der Waals surface area contributed by atoms with Gasteiger partial charge in [0.15, 0.2) is 5.69 Å². The van der Waals surface area contributed by atoms with E-state index < -0.39 is 47.3 Å². The number of hydrogen-bond donors (Lipinski definition) is 3. The molecule has 0 saturated carbocycles. The lowest BCUT2D eigenvalue weighted by Crippen LogP contribution is -2.51. The number of alkyl halides is 3. The molecule has 1 fully saturated rings. The third-order valence-electron chi connectivity index (χ3n) is 6.30. The molecular weight excluding hydrogens is 519 g/mol. The van der Waals surface area contributed by atoms with E-state index in [0.29, 0.717) is 11.3 Å². The lowest BCUT2D eigenvalue weighted by molar-refractivity contribution is -0.177. The quantitative estimate of drug-likeness (QED) is 0.433. The number of carbonyl (C=O) groups is 1. The van der Waals surface area contributed by atoms with Crippen molar-refractivity contribution in [1.82, 2.24) is 15.3 Å². The number of nitrogens with two attached hydrogens (primary N) is 2. The van der Waals surface area contributed by atoms with Gasteiger partial charge in [-0.05, 0) is 24.6 Å². The first-order valence-corrected chi connectivity index (χ1v) is 12.0. The van der Waals surface area contributed by atoms with Crippen LogP contribution in [-0.2, 0) is 0 Å². The molecule has 5 rings (SSSR count). The molecular formula is C23H21F5N6O2S. The largest absolute Gasteiger partial charge is 0.475 e. The van der Waals surface area contributed by atoms with Gasteiger partial charge in [0.25, 0.3) is 5.91 Å². The number of carbonyl (C=O) groups excluding carboxylic acids is 1. The summed E-state index contributed by atoms with van der Waals surface area (Å²) in [6.45, 7) is -0.155. The molecule has 1 aromatic carbocycles. The topological polar surface area (TPSA) is 119 Å². The maximum Gasteiger partial charge on any atom is 0.393 e. The molecule has 1 amide bonds. The summed E-state index contributed by atoms with van der Waals surface area (Å²) in [4.78, 5) is 22.8. The molecule has 0 bridgehead atoms. The van der Waals surface area contributed by atoms with E-state index in [9.17, 15) is 26.7 Å². The number of halogens is 5. The highest BCUT2D eigenvalue weighted by molar-refractivity contribution is 7.19. The zero-order valence-electron chi connectivity index (χ0n) is 19.1. The van der Waals surface area contributed by atoms with Crippen molar-refractivity contribution in [2.24, 2.45) is 11.7 Å².